The zero-order chi connectivity index (χ0) is 20.9. The van der Waals surface area contributed by atoms with Gasteiger partial charge in [-0.05, 0) is 54.6 Å². The van der Waals surface area contributed by atoms with Gasteiger partial charge in [-0.1, -0.05) is 0 Å². The third-order valence-corrected chi connectivity index (χ3v) is 5.08. The minimum atomic E-state index is -0.314. The molecule has 152 valence electrons. The molecular weight excluding hydrogens is 405 g/mol. The third kappa shape index (κ3) is 4.18. The van der Waals surface area contributed by atoms with Gasteiger partial charge in [-0.3, -0.25) is 0 Å². The Kier molecular flexibility index (Phi) is 5.76. The van der Waals surface area contributed by atoms with Crippen LogP contribution in [0.2, 0.25) is 0 Å². The number of hydrogen-bond donors (Lipinski definition) is 0. The Morgan fingerprint density at radius 1 is 1.07 bits per heavy atom. The molecule has 0 N–H and O–H groups in total. The zero-order valence-electron chi connectivity index (χ0n) is 16.3. The van der Waals surface area contributed by atoms with Gasteiger partial charge in [0.1, 0.15) is 23.1 Å². The van der Waals surface area contributed by atoms with Gasteiger partial charge in [0.05, 0.1) is 38.1 Å². The Morgan fingerprint density at radius 2 is 1.90 bits per heavy atom. The van der Waals surface area contributed by atoms with Gasteiger partial charge in [-0.2, -0.15) is 5.10 Å². The van der Waals surface area contributed by atoms with E-state index in [1.54, 1.807) is 55.6 Å². The van der Waals surface area contributed by atoms with E-state index in [0.29, 0.717) is 27.7 Å². The van der Waals surface area contributed by atoms with Crippen molar-refractivity contribution in [3.63, 3.8) is 0 Å². The Labute approximate surface area is 176 Å². The highest BCUT2D eigenvalue weighted by molar-refractivity contribution is 7.07. The molecule has 4 rings (SSSR count). The molecule has 2 aromatic heterocycles. The number of thiazole rings is 1. The van der Waals surface area contributed by atoms with Crippen molar-refractivity contribution in [2.24, 2.45) is 10.1 Å². The largest absolute Gasteiger partial charge is 0.497 e. The maximum atomic E-state index is 13.3. The fourth-order valence-electron chi connectivity index (χ4n) is 2.79. The highest BCUT2D eigenvalue weighted by Crippen LogP contribution is 2.33. The second-order valence-corrected chi connectivity index (χ2v) is 6.97. The molecular formula is C22H18FN3O3S. The number of benzene rings is 2. The van der Waals surface area contributed by atoms with Crippen LogP contribution in [0.1, 0.15) is 5.76 Å². The standard InChI is InChI=1S/C22H18FN3O3S/c1-27-17-9-10-21(28-2)19(12-17)20-14-30-22(25-16-7-5-15(23)6-8-16)26(20)24-13-18-4-3-11-29-18/h3-14H,1-2H3. The fourth-order valence-corrected chi connectivity index (χ4v) is 3.64. The van der Waals surface area contributed by atoms with E-state index >= 15 is 0 Å². The van der Waals surface area contributed by atoms with Crippen LogP contribution in [0.5, 0.6) is 11.5 Å². The van der Waals surface area contributed by atoms with Crippen molar-refractivity contribution in [3.05, 3.63) is 82.6 Å². The summed E-state index contributed by atoms with van der Waals surface area (Å²) in [4.78, 5) is 5.23. The molecule has 6 nitrogen and oxygen atoms in total. The average Bonchev–Trinajstić information content (AvgIpc) is 3.43. The molecule has 0 atom stereocenters. The van der Waals surface area contributed by atoms with Gasteiger partial charge in [0.2, 0.25) is 4.80 Å². The lowest BCUT2D eigenvalue weighted by atomic mass is 10.1. The summed E-state index contributed by atoms with van der Waals surface area (Å²) in [7, 11) is 3.22. The monoisotopic (exact) mass is 423 g/mol. The number of aromatic nitrogens is 1. The van der Waals surface area contributed by atoms with Crippen molar-refractivity contribution in [1.82, 2.24) is 4.68 Å². The van der Waals surface area contributed by atoms with E-state index in [1.807, 2.05) is 23.6 Å². The van der Waals surface area contributed by atoms with E-state index < -0.39 is 0 Å². The summed E-state index contributed by atoms with van der Waals surface area (Å²) < 4.78 is 31.2. The lowest BCUT2D eigenvalue weighted by Gasteiger charge is -2.11. The number of halogens is 1. The molecule has 0 unspecified atom stereocenters. The summed E-state index contributed by atoms with van der Waals surface area (Å²) in [5, 5.41) is 6.50. The van der Waals surface area contributed by atoms with E-state index in [2.05, 4.69) is 10.1 Å². The molecule has 0 spiro atoms. The van der Waals surface area contributed by atoms with Gasteiger partial charge in [-0.15, -0.1) is 11.3 Å². The number of ether oxygens (including phenoxy) is 2. The first-order valence-electron chi connectivity index (χ1n) is 8.99. The number of rotatable bonds is 6. The summed E-state index contributed by atoms with van der Waals surface area (Å²) in [6.07, 6.45) is 3.18. The summed E-state index contributed by atoms with van der Waals surface area (Å²) in [5.41, 5.74) is 2.18. The minimum Gasteiger partial charge on any atom is -0.497 e. The summed E-state index contributed by atoms with van der Waals surface area (Å²) >= 11 is 1.40. The van der Waals surface area contributed by atoms with Crippen molar-refractivity contribution < 1.29 is 18.3 Å². The predicted octanol–water partition coefficient (Wildman–Crippen LogP) is 5.08. The van der Waals surface area contributed by atoms with Crippen LogP contribution in [-0.2, 0) is 0 Å². The van der Waals surface area contributed by atoms with Crippen molar-refractivity contribution >= 4 is 23.2 Å². The van der Waals surface area contributed by atoms with Crippen molar-refractivity contribution in [1.29, 1.82) is 0 Å². The summed E-state index contributed by atoms with van der Waals surface area (Å²) in [6.45, 7) is 0. The van der Waals surface area contributed by atoms with Gasteiger partial charge in [0.15, 0.2) is 0 Å². The topological polar surface area (TPSA) is 61.2 Å². The molecule has 2 aromatic carbocycles. The van der Waals surface area contributed by atoms with Gasteiger partial charge in [0, 0.05) is 10.9 Å². The number of methoxy groups -OCH3 is 2. The fraction of sp³-hybridized carbons (Fsp3) is 0.0909. The number of nitrogens with zero attached hydrogens (tertiary/aromatic N) is 3. The molecule has 8 heteroatoms. The summed E-state index contributed by atoms with van der Waals surface area (Å²) in [5.74, 6) is 1.65. The van der Waals surface area contributed by atoms with E-state index in [0.717, 1.165) is 11.3 Å². The SMILES string of the molecule is COc1ccc(OC)c(-c2csc(=Nc3ccc(F)cc3)n2N=Cc2ccco2)c1. The molecule has 0 saturated heterocycles. The predicted molar refractivity (Wildman–Crippen MR) is 114 cm³/mol. The molecule has 2 heterocycles. The molecule has 0 aliphatic carbocycles. The molecule has 0 aliphatic rings. The van der Waals surface area contributed by atoms with Crippen LogP contribution in [0.4, 0.5) is 10.1 Å². The lowest BCUT2D eigenvalue weighted by Crippen LogP contribution is -2.11. The molecule has 0 aliphatic heterocycles. The second-order valence-electron chi connectivity index (χ2n) is 6.13. The Balaban J connectivity index is 1.89. The molecule has 0 bridgehead atoms. The van der Waals surface area contributed by atoms with Gasteiger partial charge < -0.3 is 13.9 Å². The molecule has 0 fully saturated rings. The summed E-state index contributed by atoms with van der Waals surface area (Å²) in [6, 6.07) is 15.1. The Morgan fingerprint density at radius 3 is 2.60 bits per heavy atom. The third-order valence-electron chi connectivity index (χ3n) is 4.26. The highest BCUT2D eigenvalue weighted by atomic mass is 32.1. The maximum Gasteiger partial charge on any atom is 0.211 e. The molecule has 30 heavy (non-hydrogen) atoms. The Bertz CT molecular complexity index is 1230. The van der Waals surface area contributed by atoms with Crippen LogP contribution in [-0.4, -0.2) is 25.1 Å². The van der Waals surface area contributed by atoms with E-state index in [-0.39, 0.29) is 5.82 Å². The van der Waals surface area contributed by atoms with Crippen LogP contribution in [0, 0.1) is 5.82 Å². The first-order chi connectivity index (χ1) is 14.7. The minimum absolute atomic E-state index is 0.314. The van der Waals surface area contributed by atoms with Crippen molar-refractivity contribution in [3.8, 4) is 22.8 Å². The van der Waals surface area contributed by atoms with E-state index in [4.69, 9.17) is 13.9 Å². The molecule has 4 aromatic rings. The van der Waals surface area contributed by atoms with Gasteiger partial charge in [0.25, 0.3) is 0 Å². The average molecular weight is 423 g/mol. The van der Waals surface area contributed by atoms with Crippen molar-refractivity contribution in [2.45, 2.75) is 0 Å². The quantitative estimate of drug-likeness (QED) is 0.406. The molecule has 0 saturated carbocycles. The zero-order valence-corrected chi connectivity index (χ0v) is 17.1. The second kappa shape index (κ2) is 8.79. The van der Waals surface area contributed by atoms with Gasteiger partial charge in [-0.25, -0.2) is 14.1 Å². The number of furan rings is 1. The number of hydrogen-bond acceptors (Lipinski definition) is 6. The van der Waals surface area contributed by atoms with E-state index in [1.165, 1.54) is 23.5 Å². The van der Waals surface area contributed by atoms with Crippen LogP contribution in [0.3, 0.4) is 0 Å². The van der Waals surface area contributed by atoms with E-state index in [9.17, 15) is 4.39 Å². The smallest absolute Gasteiger partial charge is 0.211 e. The highest BCUT2D eigenvalue weighted by Gasteiger charge is 2.14. The lowest BCUT2D eigenvalue weighted by molar-refractivity contribution is 0.404. The van der Waals surface area contributed by atoms with Gasteiger partial charge >= 0.3 is 0 Å². The van der Waals surface area contributed by atoms with Crippen molar-refractivity contribution in [2.75, 3.05) is 14.2 Å². The first-order valence-corrected chi connectivity index (χ1v) is 9.87. The van der Waals surface area contributed by atoms with Crippen LogP contribution < -0.4 is 14.3 Å². The maximum absolute atomic E-state index is 13.3. The Hall–Kier alpha value is -3.65. The van der Waals surface area contributed by atoms with Crippen LogP contribution >= 0.6 is 11.3 Å². The van der Waals surface area contributed by atoms with Crippen LogP contribution in [0.25, 0.3) is 11.3 Å². The van der Waals surface area contributed by atoms with Crippen LogP contribution in [0.15, 0.2) is 80.8 Å². The molecule has 0 radical (unpaired) electrons. The first kappa shape index (κ1) is 19.7. The molecule has 0 amide bonds. The normalized spacial score (nSPS) is 11.9.